The lowest BCUT2D eigenvalue weighted by Crippen LogP contribution is -2.22. The number of thiophene rings is 1. The molecule has 0 saturated heterocycles. The molecule has 0 aliphatic heterocycles. The first kappa shape index (κ1) is 18.7. The maximum atomic E-state index is 13.5. The topological polar surface area (TPSA) is 72.2 Å². The molecule has 140 valence electrons. The standard InChI is InChI=1S/C20H13ClN2O3S2/c21-14-8-4-5-9-15(14)23-19(26)17-13(12-6-2-1-3-7-12)10-27-18(17)22-20(23)28-11-16(24)25/h1-10H,11H2,(H,24,25). The minimum atomic E-state index is -0.985. The fourth-order valence-electron chi connectivity index (χ4n) is 2.87. The molecule has 0 unspecified atom stereocenters. The maximum Gasteiger partial charge on any atom is 0.313 e. The van der Waals surface area contributed by atoms with E-state index in [0.29, 0.717) is 26.1 Å². The number of para-hydroxylation sites is 1. The van der Waals surface area contributed by atoms with E-state index in [1.807, 2.05) is 35.7 Å². The summed E-state index contributed by atoms with van der Waals surface area (Å²) >= 11 is 8.69. The highest BCUT2D eigenvalue weighted by atomic mass is 35.5. The van der Waals surface area contributed by atoms with Crippen LogP contribution in [0.25, 0.3) is 27.0 Å². The third kappa shape index (κ3) is 3.44. The number of rotatable bonds is 5. The lowest BCUT2D eigenvalue weighted by atomic mass is 10.1. The van der Waals surface area contributed by atoms with Crippen LogP contribution < -0.4 is 5.56 Å². The summed E-state index contributed by atoms with van der Waals surface area (Å²) in [5.41, 5.74) is 1.92. The number of halogens is 1. The Balaban J connectivity index is 2.02. The van der Waals surface area contributed by atoms with Crippen LogP contribution in [-0.2, 0) is 4.79 Å². The number of carboxylic acids is 1. The number of carboxylic acid groups (broad SMARTS) is 1. The summed E-state index contributed by atoms with van der Waals surface area (Å²) in [7, 11) is 0. The van der Waals surface area contributed by atoms with E-state index in [1.54, 1.807) is 24.3 Å². The zero-order valence-corrected chi connectivity index (χ0v) is 16.7. The first-order valence-corrected chi connectivity index (χ1v) is 10.5. The molecule has 0 spiro atoms. The molecule has 0 aliphatic carbocycles. The Kier molecular flexibility index (Phi) is 5.21. The van der Waals surface area contributed by atoms with Crippen molar-refractivity contribution in [2.75, 3.05) is 5.75 Å². The van der Waals surface area contributed by atoms with E-state index >= 15 is 0 Å². The van der Waals surface area contributed by atoms with Gasteiger partial charge in [-0.1, -0.05) is 65.8 Å². The van der Waals surface area contributed by atoms with E-state index in [4.69, 9.17) is 16.7 Å². The van der Waals surface area contributed by atoms with Crippen LogP contribution in [0.1, 0.15) is 0 Å². The number of aromatic nitrogens is 2. The predicted molar refractivity (Wildman–Crippen MR) is 114 cm³/mol. The van der Waals surface area contributed by atoms with Crippen molar-refractivity contribution in [2.24, 2.45) is 0 Å². The van der Waals surface area contributed by atoms with Crippen molar-refractivity contribution >= 4 is 50.9 Å². The number of hydrogen-bond acceptors (Lipinski definition) is 5. The molecular weight excluding hydrogens is 416 g/mol. The van der Waals surface area contributed by atoms with Crippen LogP contribution in [0.5, 0.6) is 0 Å². The SMILES string of the molecule is O=C(O)CSc1nc2scc(-c3ccccc3)c2c(=O)n1-c1ccccc1Cl. The predicted octanol–water partition coefficient (Wildman–Crippen LogP) is 4.94. The minimum Gasteiger partial charge on any atom is -0.481 e. The number of fused-ring (bicyclic) bond motifs is 1. The van der Waals surface area contributed by atoms with Crippen molar-refractivity contribution in [1.82, 2.24) is 9.55 Å². The van der Waals surface area contributed by atoms with Crippen molar-refractivity contribution in [3.8, 4) is 16.8 Å². The zero-order valence-electron chi connectivity index (χ0n) is 14.3. The van der Waals surface area contributed by atoms with Crippen LogP contribution in [0, 0.1) is 0 Å². The van der Waals surface area contributed by atoms with Gasteiger partial charge >= 0.3 is 5.97 Å². The normalized spacial score (nSPS) is 11.0. The van der Waals surface area contributed by atoms with Crippen molar-refractivity contribution < 1.29 is 9.90 Å². The summed E-state index contributed by atoms with van der Waals surface area (Å²) in [5, 5.41) is 12.2. The second-order valence-electron chi connectivity index (χ2n) is 5.86. The Hall–Kier alpha value is -2.61. The first-order chi connectivity index (χ1) is 13.6. The summed E-state index contributed by atoms with van der Waals surface area (Å²) in [6.45, 7) is 0. The number of nitrogens with zero attached hydrogens (tertiary/aromatic N) is 2. The van der Waals surface area contributed by atoms with Crippen LogP contribution in [0.15, 0.2) is 69.9 Å². The lowest BCUT2D eigenvalue weighted by molar-refractivity contribution is -0.133. The van der Waals surface area contributed by atoms with Gasteiger partial charge in [0.05, 0.1) is 21.8 Å². The van der Waals surface area contributed by atoms with Crippen molar-refractivity contribution in [3.63, 3.8) is 0 Å². The fraction of sp³-hybridized carbons (Fsp3) is 0.0500. The molecule has 0 radical (unpaired) electrons. The van der Waals surface area contributed by atoms with E-state index < -0.39 is 5.97 Å². The molecule has 0 aliphatic rings. The summed E-state index contributed by atoms with van der Waals surface area (Å²) in [5.74, 6) is -1.19. The third-order valence-electron chi connectivity index (χ3n) is 4.08. The highest BCUT2D eigenvalue weighted by Gasteiger charge is 2.20. The highest BCUT2D eigenvalue weighted by molar-refractivity contribution is 7.99. The van der Waals surface area contributed by atoms with E-state index in [9.17, 15) is 9.59 Å². The molecule has 0 amide bonds. The van der Waals surface area contributed by atoms with E-state index in [-0.39, 0.29) is 11.3 Å². The van der Waals surface area contributed by atoms with Crippen molar-refractivity contribution in [1.29, 1.82) is 0 Å². The average Bonchev–Trinajstić information content (AvgIpc) is 3.12. The van der Waals surface area contributed by atoms with Crippen molar-refractivity contribution in [3.05, 3.63) is 75.4 Å². The highest BCUT2D eigenvalue weighted by Crippen LogP contribution is 2.33. The molecular formula is C20H13ClN2O3S2. The lowest BCUT2D eigenvalue weighted by Gasteiger charge is -2.13. The molecule has 0 bridgehead atoms. The average molecular weight is 429 g/mol. The molecule has 2 aromatic heterocycles. The minimum absolute atomic E-state index is 0.209. The van der Waals surface area contributed by atoms with Gasteiger partial charge in [-0.25, -0.2) is 4.98 Å². The van der Waals surface area contributed by atoms with Crippen molar-refractivity contribution in [2.45, 2.75) is 5.16 Å². The molecule has 8 heteroatoms. The molecule has 28 heavy (non-hydrogen) atoms. The van der Waals surface area contributed by atoms with Gasteiger partial charge in [-0.15, -0.1) is 11.3 Å². The number of thioether (sulfide) groups is 1. The molecule has 2 aromatic carbocycles. The molecule has 1 N–H and O–H groups in total. The quantitative estimate of drug-likeness (QED) is 0.360. The molecule has 4 rings (SSSR count). The first-order valence-electron chi connectivity index (χ1n) is 8.25. The van der Waals surface area contributed by atoms with Gasteiger partial charge in [0.1, 0.15) is 4.83 Å². The van der Waals surface area contributed by atoms with Gasteiger partial charge in [-0.2, -0.15) is 0 Å². The van der Waals surface area contributed by atoms with Crippen LogP contribution in [0.3, 0.4) is 0 Å². The number of hydrogen-bond donors (Lipinski definition) is 1. The molecule has 2 heterocycles. The maximum absolute atomic E-state index is 13.5. The summed E-state index contributed by atoms with van der Waals surface area (Å²) in [4.78, 5) is 29.7. The van der Waals surface area contributed by atoms with Gasteiger partial charge in [0, 0.05) is 10.9 Å². The molecule has 5 nitrogen and oxygen atoms in total. The van der Waals surface area contributed by atoms with Crippen LogP contribution in [0.4, 0.5) is 0 Å². The van der Waals surface area contributed by atoms with Gasteiger partial charge in [0.2, 0.25) is 0 Å². The summed E-state index contributed by atoms with van der Waals surface area (Å²) in [6, 6.07) is 16.6. The Morgan fingerprint density at radius 1 is 1.14 bits per heavy atom. The molecule has 0 atom stereocenters. The van der Waals surface area contributed by atoms with Gasteiger partial charge < -0.3 is 5.11 Å². The van der Waals surface area contributed by atoms with Gasteiger partial charge in [0.15, 0.2) is 5.16 Å². The Bertz CT molecular complexity index is 1240. The fourth-order valence-corrected chi connectivity index (χ4v) is 4.81. The van der Waals surface area contributed by atoms with Crippen LogP contribution in [-0.4, -0.2) is 26.4 Å². The van der Waals surface area contributed by atoms with Crippen LogP contribution in [0.2, 0.25) is 5.02 Å². The molecule has 4 aromatic rings. The van der Waals surface area contributed by atoms with Gasteiger partial charge in [0.25, 0.3) is 5.56 Å². The summed E-state index contributed by atoms with van der Waals surface area (Å²) < 4.78 is 1.40. The van der Waals surface area contributed by atoms with E-state index in [0.717, 1.165) is 22.9 Å². The smallest absolute Gasteiger partial charge is 0.313 e. The zero-order chi connectivity index (χ0) is 19.7. The number of aliphatic carboxylic acids is 1. The number of carbonyl (C=O) groups is 1. The van der Waals surface area contributed by atoms with Crippen LogP contribution >= 0.6 is 34.7 Å². The third-order valence-corrected chi connectivity index (χ3v) is 6.20. The van der Waals surface area contributed by atoms with Gasteiger partial charge in [-0.3, -0.25) is 14.2 Å². The second kappa shape index (κ2) is 7.79. The van der Waals surface area contributed by atoms with E-state index in [2.05, 4.69) is 4.98 Å². The Labute approximate surface area is 173 Å². The van der Waals surface area contributed by atoms with E-state index in [1.165, 1.54) is 15.9 Å². The Morgan fingerprint density at radius 3 is 2.57 bits per heavy atom. The summed E-state index contributed by atoms with van der Waals surface area (Å²) in [6.07, 6.45) is 0. The van der Waals surface area contributed by atoms with Gasteiger partial charge in [-0.05, 0) is 17.7 Å². The monoisotopic (exact) mass is 428 g/mol. The second-order valence-corrected chi connectivity index (χ2v) is 8.07. The Morgan fingerprint density at radius 2 is 1.86 bits per heavy atom. The molecule has 0 fully saturated rings. The molecule has 0 saturated carbocycles. The largest absolute Gasteiger partial charge is 0.481 e. The number of benzene rings is 2.